The molecule has 0 spiro atoms. The van der Waals surface area contributed by atoms with Crippen molar-refractivity contribution in [3.05, 3.63) is 40.0 Å². The zero-order chi connectivity index (χ0) is 23.1. The molecule has 0 saturated carbocycles. The SMILES string of the molecule is CCCC(CC1CC(=O)c2c(C)ccc(C=C(C)CC)c2C1)C(CC)C(=O)CC(C)=O. The summed E-state index contributed by atoms with van der Waals surface area (Å²) < 4.78 is 0. The summed E-state index contributed by atoms with van der Waals surface area (Å²) >= 11 is 0. The third-order valence-electron chi connectivity index (χ3n) is 6.90. The summed E-state index contributed by atoms with van der Waals surface area (Å²) in [4.78, 5) is 37.4. The van der Waals surface area contributed by atoms with Gasteiger partial charge in [0.1, 0.15) is 11.6 Å². The van der Waals surface area contributed by atoms with Crippen molar-refractivity contribution in [2.45, 2.75) is 92.9 Å². The van der Waals surface area contributed by atoms with Gasteiger partial charge in [-0.1, -0.05) is 57.4 Å². The first kappa shape index (κ1) is 25.2. The van der Waals surface area contributed by atoms with Crippen molar-refractivity contribution in [1.29, 1.82) is 0 Å². The van der Waals surface area contributed by atoms with Crippen LogP contribution < -0.4 is 0 Å². The molecule has 170 valence electrons. The molecule has 0 heterocycles. The van der Waals surface area contributed by atoms with Crippen molar-refractivity contribution >= 4 is 23.4 Å². The minimum Gasteiger partial charge on any atom is -0.300 e. The number of rotatable bonds is 11. The van der Waals surface area contributed by atoms with Gasteiger partial charge in [0.25, 0.3) is 0 Å². The van der Waals surface area contributed by atoms with Gasteiger partial charge >= 0.3 is 0 Å². The average Bonchev–Trinajstić information content (AvgIpc) is 2.69. The van der Waals surface area contributed by atoms with Gasteiger partial charge < -0.3 is 0 Å². The van der Waals surface area contributed by atoms with Crippen LogP contribution in [0.2, 0.25) is 0 Å². The molecule has 3 atom stereocenters. The largest absolute Gasteiger partial charge is 0.300 e. The minimum atomic E-state index is -0.0837. The van der Waals surface area contributed by atoms with Gasteiger partial charge in [-0.25, -0.2) is 0 Å². The average molecular weight is 425 g/mol. The highest BCUT2D eigenvalue weighted by Crippen LogP contribution is 2.38. The number of ketones is 3. The molecule has 1 aromatic carbocycles. The van der Waals surface area contributed by atoms with E-state index in [0.29, 0.717) is 6.42 Å². The smallest absolute Gasteiger partial charge is 0.163 e. The van der Waals surface area contributed by atoms with Crippen molar-refractivity contribution in [1.82, 2.24) is 0 Å². The standard InChI is InChI=1S/C28H40O3/c1-7-10-22(24(9-3)26(30)14-20(6)29)15-21-16-25-23(13-18(4)8-2)12-11-19(5)28(25)27(31)17-21/h11-13,21-22,24H,7-10,14-17H2,1-6H3. The Morgan fingerprint density at radius 3 is 2.42 bits per heavy atom. The summed E-state index contributed by atoms with van der Waals surface area (Å²) in [6.07, 6.45) is 8.33. The maximum absolute atomic E-state index is 13.2. The topological polar surface area (TPSA) is 51.2 Å². The lowest BCUT2D eigenvalue weighted by Crippen LogP contribution is -2.30. The Morgan fingerprint density at radius 2 is 1.84 bits per heavy atom. The van der Waals surface area contributed by atoms with E-state index in [9.17, 15) is 14.4 Å². The summed E-state index contributed by atoms with van der Waals surface area (Å²) in [5, 5.41) is 0. The van der Waals surface area contributed by atoms with Crippen molar-refractivity contribution in [2.24, 2.45) is 17.8 Å². The lowest BCUT2D eigenvalue weighted by Gasteiger charge is -2.32. The zero-order valence-corrected chi connectivity index (χ0v) is 20.3. The van der Waals surface area contributed by atoms with E-state index in [0.717, 1.165) is 49.7 Å². The predicted molar refractivity (Wildman–Crippen MR) is 128 cm³/mol. The van der Waals surface area contributed by atoms with Crippen LogP contribution in [-0.2, 0) is 16.0 Å². The summed E-state index contributed by atoms with van der Waals surface area (Å²) in [5.41, 5.74) is 5.65. The molecule has 0 radical (unpaired) electrons. The summed E-state index contributed by atoms with van der Waals surface area (Å²) in [6.45, 7) is 12.0. The molecule has 3 nitrogen and oxygen atoms in total. The molecule has 1 aliphatic carbocycles. The van der Waals surface area contributed by atoms with E-state index in [1.807, 2.05) is 13.8 Å². The Labute approximate surface area is 188 Å². The Hall–Kier alpha value is -2.03. The number of carbonyl (C=O) groups is 3. The van der Waals surface area contributed by atoms with Crippen molar-refractivity contribution in [2.75, 3.05) is 0 Å². The zero-order valence-electron chi connectivity index (χ0n) is 20.3. The van der Waals surface area contributed by atoms with E-state index in [1.165, 1.54) is 23.6 Å². The monoisotopic (exact) mass is 424 g/mol. The van der Waals surface area contributed by atoms with Crippen molar-refractivity contribution in [3.63, 3.8) is 0 Å². The van der Waals surface area contributed by atoms with E-state index in [2.05, 4.69) is 39.0 Å². The van der Waals surface area contributed by atoms with Crippen LogP contribution in [0, 0.1) is 24.7 Å². The first-order valence-electron chi connectivity index (χ1n) is 12.1. The number of benzene rings is 1. The van der Waals surface area contributed by atoms with Crippen LogP contribution in [0.3, 0.4) is 0 Å². The van der Waals surface area contributed by atoms with Crippen LogP contribution in [0.4, 0.5) is 0 Å². The molecular formula is C28H40O3. The molecule has 3 unspecified atom stereocenters. The third kappa shape index (κ3) is 6.48. The van der Waals surface area contributed by atoms with Gasteiger partial charge in [0.15, 0.2) is 5.78 Å². The Balaban J connectivity index is 2.33. The Morgan fingerprint density at radius 1 is 1.13 bits per heavy atom. The maximum Gasteiger partial charge on any atom is 0.163 e. The molecule has 0 saturated heterocycles. The van der Waals surface area contributed by atoms with Gasteiger partial charge in [-0.2, -0.15) is 0 Å². The van der Waals surface area contributed by atoms with E-state index >= 15 is 0 Å². The second kappa shape index (κ2) is 11.5. The second-order valence-electron chi connectivity index (χ2n) is 9.51. The molecule has 0 bridgehead atoms. The molecule has 2 rings (SSSR count). The summed E-state index contributed by atoms with van der Waals surface area (Å²) in [6, 6.07) is 4.22. The van der Waals surface area contributed by atoms with Gasteiger partial charge in [0.05, 0.1) is 6.42 Å². The fourth-order valence-electron chi connectivity index (χ4n) is 5.27. The van der Waals surface area contributed by atoms with Crippen LogP contribution in [0.1, 0.15) is 107 Å². The normalized spacial score (nSPS) is 18.5. The van der Waals surface area contributed by atoms with Gasteiger partial charge in [0.2, 0.25) is 0 Å². The minimum absolute atomic E-state index is 0.0373. The van der Waals surface area contributed by atoms with Crippen molar-refractivity contribution < 1.29 is 14.4 Å². The highest BCUT2D eigenvalue weighted by atomic mass is 16.1. The number of fused-ring (bicyclic) bond motifs is 1. The summed E-state index contributed by atoms with van der Waals surface area (Å²) in [7, 11) is 0. The number of hydrogen-bond acceptors (Lipinski definition) is 3. The number of aryl methyl sites for hydroxylation is 1. The molecule has 0 N–H and O–H groups in total. The number of carbonyl (C=O) groups excluding carboxylic acids is 3. The first-order chi connectivity index (χ1) is 14.7. The maximum atomic E-state index is 13.2. The molecule has 0 amide bonds. The number of hydrogen-bond donors (Lipinski definition) is 0. The molecule has 0 aromatic heterocycles. The van der Waals surface area contributed by atoms with Crippen LogP contribution in [0.15, 0.2) is 17.7 Å². The predicted octanol–water partition coefficient (Wildman–Crippen LogP) is 6.93. The van der Waals surface area contributed by atoms with E-state index in [-0.39, 0.29) is 41.5 Å². The van der Waals surface area contributed by atoms with Crippen LogP contribution >= 0.6 is 0 Å². The summed E-state index contributed by atoms with van der Waals surface area (Å²) in [5.74, 6) is 0.674. The first-order valence-corrected chi connectivity index (χ1v) is 12.1. The molecular weight excluding hydrogens is 384 g/mol. The third-order valence-corrected chi connectivity index (χ3v) is 6.90. The number of allylic oxidation sites excluding steroid dienone is 1. The second-order valence-corrected chi connectivity index (χ2v) is 9.51. The fraction of sp³-hybridized carbons (Fsp3) is 0.607. The Kier molecular flexibility index (Phi) is 9.40. The van der Waals surface area contributed by atoms with Gasteiger partial charge in [-0.15, -0.1) is 0 Å². The quantitative estimate of drug-likeness (QED) is 0.362. The molecule has 0 fully saturated rings. The van der Waals surface area contributed by atoms with Gasteiger partial charge in [-0.05, 0) is 75.0 Å². The van der Waals surface area contributed by atoms with Crippen molar-refractivity contribution in [3.8, 4) is 0 Å². The van der Waals surface area contributed by atoms with E-state index in [1.54, 1.807) is 0 Å². The van der Waals surface area contributed by atoms with Gasteiger partial charge in [0, 0.05) is 17.9 Å². The lowest BCUT2D eigenvalue weighted by molar-refractivity contribution is -0.129. The molecule has 1 aromatic rings. The molecule has 3 heteroatoms. The van der Waals surface area contributed by atoms with E-state index in [4.69, 9.17) is 0 Å². The van der Waals surface area contributed by atoms with Crippen LogP contribution in [0.25, 0.3) is 6.08 Å². The van der Waals surface area contributed by atoms with Crippen LogP contribution in [0.5, 0.6) is 0 Å². The highest BCUT2D eigenvalue weighted by Gasteiger charge is 2.33. The highest BCUT2D eigenvalue weighted by molar-refractivity contribution is 6.01. The fourth-order valence-corrected chi connectivity index (χ4v) is 5.27. The molecule has 1 aliphatic rings. The molecule has 31 heavy (non-hydrogen) atoms. The van der Waals surface area contributed by atoms with E-state index < -0.39 is 0 Å². The Bertz CT molecular complexity index is 846. The van der Waals surface area contributed by atoms with Gasteiger partial charge in [-0.3, -0.25) is 14.4 Å². The lowest BCUT2D eigenvalue weighted by atomic mass is 9.71. The van der Waals surface area contributed by atoms with Crippen LogP contribution in [-0.4, -0.2) is 17.3 Å². The number of Topliss-reactive ketones (excluding diaryl/α,β-unsaturated/α-hetero) is 3. The molecule has 0 aliphatic heterocycles.